The Morgan fingerprint density at radius 2 is 1.71 bits per heavy atom. The number of ketones is 1. The highest BCUT2D eigenvalue weighted by Gasteiger charge is 2.28. The van der Waals surface area contributed by atoms with E-state index in [1.54, 1.807) is 0 Å². The molecule has 1 aliphatic carbocycles. The van der Waals surface area contributed by atoms with Crippen LogP contribution >= 0.6 is 0 Å². The Hall–Kier alpha value is -1.89. The molecule has 1 atom stereocenters. The van der Waals surface area contributed by atoms with Crippen molar-refractivity contribution < 1.29 is 4.79 Å². The van der Waals surface area contributed by atoms with Gasteiger partial charge in [-0.05, 0) is 62.3 Å². The summed E-state index contributed by atoms with van der Waals surface area (Å²) >= 11 is 0. The lowest BCUT2D eigenvalue weighted by Crippen LogP contribution is -2.20. The Kier molecular flexibility index (Phi) is 3.67. The number of carbonyl (C=O) groups is 1. The molecule has 0 N–H and O–H groups in total. The van der Waals surface area contributed by atoms with Crippen molar-refractivity contribution in [3.8, 4) is 0 Å². The van der Waals surface area contributed by atoms with E-state index in [4.69, 9.17) is 0 Å². The largest absolute Gasteiger partial charge is 0.293 e. The topological polar surface area (TPSA) is 17.1 Å². The molecule has 2 aromatic rings. The molecule has 0 amide bonds. The first-order valence-corrected chi connectivity index (χ1v) is 7.78. The number of hydrogen-bond acceptors (Lipinski definition) is 1. The summed E-state index contributed by atoms with van der Waals surface area (Å²) in [6, 6.07) is 12.7. The highest BCUT2D eigenvalue weighted by molar-refractivity contribution is 6.03. The Morgan fingerprint density at radius 3 is 2.43 bits per heavy atom. The van der Waals surface area contributed by atoms with Gasteiger partial charge in [-0.3, -0.25) is 4.79 Å². The molecule has 0 heterocycles. The highest BCUT2D eigenvalue weighted by Crippen LogP contribution is 2.35. The minimum Gasteiger partial charge on any atom is -0.293 e. The van der Waals surface area contributed by atoms with Gasteiger partial charge in [0.1, 0.15) is 0 Å². The summed E-state index contributed by atoms with van der Waals surface area (Å²) in [7, 11) is 0. The highest BCUT2D eigenvalue weighted by atomic mass is 16.1. The summed E-state index contributed by atoms with van der Waals surface area (Å²) in [6.07, 6.45) is 3.19. The molecule has 21 heavy (non-hydrogen) atoms. The molecule has 0 fully saturated rings. The Morgan fingerprint density at radius 1 is 1.05 bits per heavy atom. The fourth-order valence-corrected chi connectivity index (χ4v) is 3.77. The van der Waals surface area contributed by atoms with Crippen LogP contribution < -0.4 is 0 Å². The van der Waals surface area contributed by atoms with E-state index in [2.05, 4.69) is 57.2 Å². The number of aryl methyl sites for hydroxylation is 4. The second-order valence-electron chi connectivity index (χ2n) is 6.28. The van der Waals surface area contributed by atoms with E-state index >= 15 is 0 Å². The van der Waals surface area contributed by atoms with E-state index in [0.717, 1.165) is 36.0 Å². The first-order valence-electron chi connectivity index (χ1n) is 7.78. The first kappa shape index (κ1) is 14.1. The summed E-state index contributed by atoms with van der Waals surface area (Å²) in [6.45, 7) is 6.20. The van der Waals surface area contributed by atoms with Gasteiger partial charge in [-0.15, -0.1) is 0 Å². The van der Waals surface area contributed by atoms with Crippen LogP contribution in [-0.2, 0) is 6.42 Å². The van der Waals surface area contributed by atoms with E-state index < -0.39 is 0 Å². The van der Waals surface area contributed by atoms with Gasteiger partial charge in [0.2, 0.25) is 0 Å². The maximum atomic E-state index is 13.1. The number of fused-ring (bicyclic) bond motifs is 1. The molecule has 0 radical (unpaired) electrons. The average molecular weight is 278 g/mol. The van der Waals surface area contributed by atoms with E-state index in [0.29, 0.717) is 5.78 Å². The van der Waals surface area contributed by atoms with E-state index in [9.17, 15) is 4.79 Å². The number of carbonyl (C=O) groups excluding carboxylic acids is 1. The number of Topliss-reactive ketones (excluding diaryl/α,β-unsaturated/α-hetero) is 1. The molecule has 2 aromatic carbocycles. The van der Waals surface area contributed by atoms with Crippen LogP contribution in [0, 0.1) is 20.8 Å². The third-order valence-electron chi connectivity index (χ3n) is 4.61. The van der Waals surface area contributed by atoms with Crippen LogP contribution in [0.5, 0.6) is 0 Å². The third-order valence-corrected chi connectivity index (χ3v) is 4.61. The second kappa shape index (κ2) is 5.48. The summed E-state index contributed by atoms with van der Waals surface area (Å²) < 4.78 is 0. The quantitative estimate of drug-likeness (QED) is 0.713. The van der Waals surface area contributed by atoms with Crippen molar-refractivity contribution in [2.24, 2.45) is 0 Å². The molecule has 1 aliphatic rings. The van der Waals surface area contributed by atoms with E-state index in [1.807, 2.05) is 0 Å². The average Bonchev–Trinajstić information content (AvgIpc) is 2.45. The molecule has 1 unspecified atom stereocenters. The van der Waals surface area contributed by atoms with Gasteiger partial charge >= 0.3 is 0 Å². The second-order valence-corrected chi connectivity index (χ2v) is 6.28. The van der Waals surface area contributed by atoms with Crippen LogP contribution in [0.3, 0.4) is 0 Å². The lowest BCUT2D eigenvalue weighted by molar-refractivity contribution is 0.0949. The SMILES string of the molecule is Cc1cc(C)c(C(=O)C2CCCc3ccccc32)c(C)c1. The standard InChI is InChI=1S/C20H22O/c1-13-11-14(2)19(15(3)12-13)20(21)18-10-6-8-16-7-4-5-9-17(16)18/h4-5,7,9,11-12,18H,6,8,10H2,1-3H3. The monoisotopic (exact) mass is 278 g/mol. The molecule has 0 aromatic heterocycles. The fraction of sp³-hybridized carbons (Fsp3) is 0.350. The molecule has 108 valence electrons. The lowest BCUT2D eigenvalue weighted by Gasteiger charge is -2.25. The normalized spacial score (nSPS) is 17.4. The van der Waals surface area contributed by atoms with Crippen molar-refractivity contribution in [3.05, 3.63) is 69.8 Å². The van der Waals surface area contributed by atoms with Gasteiger partial charge in [0.15, 0.2) is 5.78 Å². The predicted octanol–water partition coefficient (Wildman–Crippen LogP) is 4.91. The summed E-state index contributed by atoms with van der Waals surface area (Å²) in [5.74, 6) is 0.340. The van der Waals surface area contributed by atoms with Crippen molar-refractivity contribution in [1.82, 2.24) is 0 Å². The maximum absolute atomic E-state index is 13.1. The molecule has 3 rings (SSSR count). The van der Waals surface area contributed by atoms with Crippen molar-refractivity contribution in [2.45, 2.75) is 46.0 Å². The fourth-order valence-electron chi connectivity index (χ4n) is 3.77. The summed E-state index contributed by atoms with van der Waals surface area (Å²) in [5, 5.41) is 0. The summed E-state index contributed by atoms with van der Waals surface area (Å²) in [5.41, 5.74) is 6.98. The third kappa shape index (κ3) is 2.53. The van der Waals surface area contributed by atoms with E-state index in [-0.39, 0.29) is 5.92 Å². The molecular formula is C20H22O. The zero-order chi connectivity index (χ0) is 15.0. The first-order chi connectivity index (χ1) is 10.1. The Labute approximate surface area is 127 Å². The van der Waals surface area contributed by atoms with Gasteiger partial charge in [0.05, 0.1) is 0 Å². The van der Waals surface area contributed by atoms with Crippen LogP contribution in [0.15, 0.2) is 36.4 Å². The van der Waals surface area contributed by atoms with Crippen molar-refractivity contribution in [1.29, 1.82) is 0 Å². The molecule has 0 aliphatic heterocycles. The van der Waals surface area contributed by atoms with Crippen LogP contribution in [0.25, 0.3) is 0 Å². The molecule has 0 bridgehead atoms. The molecule has 0 spiro atoms. The van der Waals surface area contributed by atoms with Crippen LogP contribution in [0.4, 0.5) is 0 Å². The van der Waals surface area contributed by atoms with Gasteiger partial charge in [0.25, 0.3) is 0 Å². The summed E-state index contributed by atoms with van der Waals surface area (Å²) in [4.78, 5) is 13.1. The molecule has 0 saturated carbocycles. The van der Waals surface area contributed by atoms with Gasteiger partial charge in [0, 0.05) is 11.5 Å². The van der Waals surface area contributed by atoms with Gasteiger partial charge in [-0.25, -0.2) is 0 Å². The number of benzene rings is 2. The number of rotatable bonds is 2. The van der Waals surface area contributed by atoms with Crippen LogP contribution in [0.2, 0.25) is 0 Å². The van der Waals surface area contributed by atoms with Crippen LogP contribution in [-0.4, -0.2) is 5.78 Å². The maximum Gasteiger partial charge on any atom is 0.170 e. The van der Waals surface area contributed by atoms with Gasteiger partial charge < -0.3 is 0 Å². The van der Waals surface area contributed by atoms with Crippen molar-refractivity contribution in [3.63, 3.8) is 0 Å². The Balaban J connectivity index is 2.05. The zero-order valence-electron chi connectivity index (χ0n) is 13.1. The minimum absolute atomic E-state index is 0.0371. The zero-order valence-corrected chi connectivity index (χ0v) is 13.1. The molecular weight excluding hydrogens is 256 g/mol. The molecule has 0 saturated heterocycles. The van der Waals surface area contributed by atoms with Crippen LogP contribution in [0.1, 0.15) is 56.9 Å². The lowest BCUT2D eigenvalue weighted by atomic mass is 9.77. The smallest absolute Gasteiger partial charge is 0.170 e. The van der Waals surface area contributed by atoms with Crippen molar-refractivity contribution >= 4 is 5.78 Å². The molecule has 1 nitrogen and oxygen atoms in total. The minimum atomic E-state index is 0.0371. The number of hydrogen-bond donors (Lipinski definition) is 0. The van der Waals surface area contributed by atoms with Gasteiger partial charge in [-0.1, -0.05) is 42.0 Å². The molecule has 1 heteroatoms. The predicted molar refractivity (Wildman–Crippen MR) is 87.1 cm³/mol. The Bertz CT molecular complexity index is 674. The van der Waals surface area contributed by atoms with Gasteiger partial charge in [-0.2, -0.15) is 0 Å². The van der Waals surface area contributed by atoms with E-state index in [1.165, 1.54) is 16.7 Å². The van der Waals surface area contributed by atoms with Crippen molar-refractivity contribution in [2.75, 3.05) is 0 Å².